The molecule has 31 heavy (non-hydrogen) atoms. The second kappa shape index (κ2) is 7.25. The molecule has 6 heterocycles. The van der Waals surface area contributed by atoms with Crippen LogP contribution >= 0.6 is 11.8 Å². The van der Waals surface area contributed by atoms with Crippen molar-refractivity contribution in [3.05, 3.63) is 46.1 Å². The van der Waals surface area contributed by atoms with Crippen LogP contribution in [0.5, 0.6) is 0 Å². The summed E-state index contributed by atoms with van der Waals surface area (Å²) in [5, 5.41) is 7.81. The predicted octanol–water partition coefficient (Wildman–Crippen LogP) is 2.54. The third kappa shape index (κ3) is 2.94. The summed E-state index contributed by atoms with van der Waals surface area (Å²) in [6.45, 7) is 0.994. The summed E-state index contributed by atoms with van der Waals surface area (Å²) >= 11 is 1.82. The fourth-order valence-electron chi connectivity index (χ4n) is 5.85. The Bertz CT molecular complexity index is 1100. The second-order valence-electron chi connectivity index (χ2n) is 9.30. The number of nitrogens with one attached hydrogen (secondary N) is 3. The average Bonchev–Trinajstić information content (AvgIpc) is 3.38. The van der Waals surface area contributed by atoms with Gasteiger partial charge in [0.15, 0.2) is 5.65 Å². The highest BCUT2D eigenvalue weighted by Crippen LogP contribution is 2.55. The van der Waals surface area contributed by atoms with Crippen LogP contribution in [0.1, 0.15) is 43.7 Å². The van der Waals surface area contributed by atoms with Crippen molar-refractivity contribution in [2.45, 2.75) is 54.8 Å². The Morgan fingerprint density at radius 2 is 2.16 bits per heavy atom. The van der Waals surface area contributed by atoms with Gasteiger partial charge in [0.1, 0.15) is 0 Å². The quantitative estimate of drug-likeness (QED) is 0.653. The smallest absolute Gasteiger partial charge is 0.159 e. The fraction of sp³-hybridized carbons (Fsp3) is 0.545. The lowest BCUT2D eigenvalue weighted by Crippen LogP contribution is -2.61. The standard InChI is InChI=1S/C22H26N6OS2/c29-31(14-4-1-5-14)22-19-18-15(17-6-8-25-28(17)27-19)10-16(26-21(18)30-22)13-9-12-3-2-7-23-20(12)24-11-13/h2-3,7,9,11,14-18,21,25-27H,1,4-6,8,10H2. The molecule has 0 amide bonds. The van der Waals surface area contributed by atoms with E-state index in [0.717, 1.165) is 47.5 Å². The molecule has 0 spiro atoms. The zero-order valence-corrected chi connectivity index (χ0v) is 18.8. The van der Waals surface area contributed by atoms with Crippen LogP contribution in [-0.2, 0) is 10.8 Å². The van der Waals surface area contributed by atoms with Crippen LogP contribution in [-0.4, -0.2) is 42.5 Å². The van der Waals surface area contributed by atoms with E-state index in [1.807, 2.05) is 24.0 Å². The third-order valence-electron chi connectivity index (χ3n) is 7.65. The second-order valence-corrected chi connectivity index (χ2v) is 12.4. The third-order valence-corrected chi connectivity index (χ3v) is 11.2. The minimum absolute atomic E-state index is 0.245. The van der Waals surface area contributed by atoms with E-state index in [0.29, 0.717) is 23.1 Å². The van der Waals surface area contributed by atoms with Crippen molar-refractivity contribution < 1.29 is 4.21 Å². The molecule has 0 aromatic carbocycles. The first-order valence-corrected chi connectivity index (χ1v) is 13.4. The van der Waals surface area contributed by atoms with E-state index in [2.05, 4.69) is 43.4 Å². The van der Waals surface area contributed by atoms with Crippen LogP contribution < -0.4 is 16.2 Å². The zero-order valence-electron chi connectivity index (χ0n) is 17.2. The first-order valence-electron chi connectivity index (χ1n) is 11.3. The summed E-state index contributed by atoms with van der Waals surface area (Å²) in [5.74, 6) is 0.923. The Labute approximate surface area is 188 Å². The summed E-state index contributed by atoms with van der Waals surface area (Å²) in [4.78, 5) is 9.00. The molecular formula is C22H26N6OS2. The molecule has 1 aliphatic carbocycles. The molecule has 3 saturated heterocycles. The van der Waals surface area contributed by atoms with Gasteiger partial charge in [-0.05, 0) is 55.4 Å². The Kier molecular flexibility index (Phi) is 4.44. The molecule has 9 heteroatoms. The summed E-state index contributed by atoms with van der Waals surface area (Å²) in [6, 6.07) is 7.00. The lowest BCUT2D eigenvalue weighted by atomic mass is 9.74. The minimum atomic E-state index is -0.898. The molecule has 0 bridgehead atoms. The minimum Gasteiger partial charge on any atom is -0.307 e. The van der Waals surface area contributed by atoms with Gasteiger partial charge in [0.2, 0.25) is 0 Å². The molecule has 6 atom stereocenters. The van der Waals surface area contributed by atoms with Crippen molar-refractivity contribution >= 4 is 33.6 Å². The van der Waals surface area contributed by atoms with E-state index in [9.17, 15) is 4.21 Å². The fourth-order valence-corrected chi connectivity index (χ4v) is 9.67. The van der Waals surface area contributed by atoms with Gasteiger partial charge in [-0.25, -0.2) is 15.4 Å². The van der Waals surface area contributed by atoms with Crippen molar-refractivity contribution in [3.63, 3.8) is 0 Å². The highest BCUT2D eigenvalue weighted by molar-refractivity contribution is 8.17. The van der Waals surface area contributed by atoms with Crippen LogP contribution in [0, 0.1) is 11.8 Å². The van der Waals surface area contributed by atoms with Crippen LogP contribution in [0.25, 0.3) is 11.0 Å². The molecule has 2 aromatic rings. The summed E-state index contributed by atoms with van der Waals surface area (Å²) < 4.78 is 14.5. The van der Waals surface area contributed by atoms with Crippen molar-refractivity contribution in [2.24, 2.45) is 11.8 Å². The van der Waals surface area contributed by atoms with Crippen LogP contribution in [0.3, 0.4) is 0 Å². The summed E-state index contributed by atoms with van der Waals surface area (Å²) in [6.07, 6.45) is 9.40. The number of hydrogen-bond donors (Lipinski definition) is 3. The number of hydrazine groups is 2. The van der Waals surface area contributed by atoms with Crippen molar-refractivity contribution in [2.75, 3.05) is 6.54 Å². The van der Waals surface area contributed by atoms with Crippen LogP contribution in [0.15, 0.2) is 40.5 Å². The number of thioether (sulfide) groups is 1. The van der Waals surface area contributed by atoms with Crippen LogP contribution in [0.4, 0.5) is 0 Å². The van der Waals surface area contributed by atoms with E-state index in [1.54, 1.807) is 6.20 Å². The molecule has 0 radical (unpaired) electrons. The highest BCUT2D eigenvalue weighted by atomic mass is 32.2. The number of fused-ring (bicyclic) bond motifs is 3. The molecule has 7 nitrogen and oxygen atoms in total. The number of nitrogens with zero attached hydrogens (tertiary/aromatic N) is 3. The van der Waals surface area contributed by atoms with Gasteiger partial charge in [-0.3, -0.25) is 9.53 Å². The Hall–Kier alpha value is -1.52. The first-order chi connectivity index (χ1) is 15.3. The molecule has 6 unspecified atom stereocenters. The Morgan fingerprint density at radius 1 is 1.23 bits per heavy atom. The van der Waals surface area contributed by atoms with Gasteiger partial charge in [0.25, 0.3) is 0 Å². The number of rotatable bonds is 3. The lowest BCUT2D eigenvalue weighted by Gasteiger charge is -2.48. The average molecular weight is 455 g/mol. The van der Waals surface area contributed by atoms with Crippen molar-refractivity contribution in [3.8, 4) is 0 Å². The zero-order chi connectivity index (χ0) is 20.5. The number of hydrogen-bond acceptors (Lipinski definition) is 8. The van der Waals surface area contributed by atoms with Gasteiger partial charge in [0.05, 0.1) is 26.1 Å². The molecule has 3 N–H and O–H groups in total. The van der Waals surface area contributed by atoms with Gasteiger partial charge in [0, 0.05) is 47.6 Å². The monoisotopic (exact) mass is 454 g/mol. The van der Waals surface area contributed by atoms with E-state index in [-0.39, 0.29) is 11.4 Å². The molecule has 1 saturated carbocycles. The van der Waals surface area contributed by atoms with E-state index in [1.165, 1.54) is 17.7 Å². The molecular weight excluding hydrogens is 428 g/mol. The first kappa shape index (κ1) is 19.0. The largest absolute Gasteiger partial charge is 0.307 e. The number of pyridine rings is 2. The Balaban J connectivity index is 1.25. The van der Waals surface area contributed by atoms with Gasteiger partial charge in [-0.1, -0.05) is 18.2 Å². The molecule has 162 valence electrons. The number of piperidine rings is 1. The maximum absolute atomic E-state index is 13.4. The maximum Gasteiger partial charge on any atom is 0.159 e. The van der Waals surface area contributed by atoms with Gasteiger partial charge in [-0.2, -0.15) is 5.12 Å². The SMILES string of the molecule is O=S(C1=C2NN3NCCC3C3CC(c4cnc5ncccc5c4)NC(S1)C23)C1CCC1. The van der Waals surface area contributed by atoms with Crippen LogP contribution in [0.2, 0.25) is 0 Å². The normalized spacial score (nSPS) is 36.1. The number of aromatic nitrogens is 2. The molecule has 7 rings (SSSR count). The molecule has 4 aliphatic heterocycles. The van der Waals surface area contributed by atoms with Gasteiger partial charge >= 0.3 is 0 Å². The molecule has 4 fully saturated rings. The van der Waals surface area contributed by atoms with Crippen molar-refractivity contribution in [1.82, 2.24) is 31.3 Å². The lowest BCUT2D eigenvalue weighted by molar-refractivity contribution is 0.00560. The van der Waals surface area contributed by atoms with Crippen molar-refractivity contribution in [1.29, 1.82) is 0 Å². The van der Waals surface area contributed by atoms with E-state index >= 15 is 0 Å². The summed E-state index contributed by atoms with van der Waals surface area (Å²) in [7, 11) is -0.898. The van der Waals surface area contributed by atoms with Gasteiger partial charge < -0.3 is 5.43 Å². The Morgan fingerprint density at radius 3 is 3.03 bits per heavy atom. The highest BCUT2D eigenvalue weighted by Gasteiger charge is 2.55. The van der Waals surface area contributed by atoms with Gasteiger partial charge in [-0.15, -0.1) is 0 Å². The van der Waals surface area contributed by atoms with E-state index < -0.39 is 10.8 Å². The predicted molar refractivity (Wildman–Crippen MR) is 123 cm³/mol. The molecule has 5 aliphatic rings. The summed E-state index contributed by atoms with van der Waals surface area (Å²) in [5.41, 5.74) is 10.4. The van der Waals surface area contributed by atoms with E-state index in [4.69, 9.17) is 0 Å². The molecule has 2 aromatic heterocycles. The maximum atomic E-state index is 13.4. The topological polar surface area (TPSA) is 82.2 Å².